The molecule has 0 radical (unpaired) electrons. The van der Waals surface area contributed by atoms with E-state index in [9.17, 15) is 19.5 Å². The van der Waals surface area contributed by atoms with Crippen LogP contribution in [0.1, 0.15) is 39.2 Å². The van der Waals surface area contributed by atoms with Crippen LogP contribution in [0.15, 0.2) is 42.0 Å². The van der Waals surface area contributed by atoms with Crippen LogP contribution in [0.25, 0.3) is 0 Å². The molecule has 148 valence electrons. The molecule has 1 amide bonds. The summed E-state index contributed by atoms with van der Waals surface area (Å²) in [7, 11) is 1.26. The molecule has 1 rings (SSSR count). The molecular formula is C20H27NO6. The predicted octanol–water partition coefficient (Wildman–Crippen LogP) is 3.29. The number of ether oxygens (including phenoxy) is 2. The van der Waals surface area contributed by atoms with Crippen LogP contribution in [0.2, 0.25) is 0 Å². The molecule has 0 aliphatic rings. The van der Waals surface area contributed by atoms with Crippen molar-refractivity contribution in [3.05, 3.63) is 47.5 Å². The Morgan fingerprint density at radius 2 is 1.85 bits per heavy atom. The van der Waals surface area contributed by atoms with E-state index in [0.717, 1.165) is 5.56 Å². The zero-order chi connectivity index (χ0) is 20.4. The fourth-order valence-corrected chi connectivity index (χ4v) is 2.34. The van der Waals surface area contributed by atoms with Crippen LogP contribution in [0, 0.1) is 5.92 Å². The topological polar surface area (TPSA) is 102 Å². The number of aliphatic carboxylic acids is 1. The summed E-state index contributed by atoms with van der Waals surface area (Å²) in [6.45, 7) is 5.27. The second-order valence-corrected chi connectivity index (χ2v) is 6.94. The molecule has 7 nitrogen and oxygen atoms in total. The highest BCUT2D eigenvalue weighted by Crippen LogP contribution is 2.18. The van der Waals surface area contributed by atoms with Crippen LogP contribution in [0.5, 0.6) is 0 Å². The number of hydrogen-bond donors (Lipinski definition) is 2. The fraction of sp³-hybridized carbons (Fsp3) is 0.450. The monoisotopic (exact) mass is 377 g/mol. The van der Waals surface area contributed by atoms with Crippen molar-refractivity contribution in [3.63, 3.8) is 0 Å². The van der Waals surface area contributed by atoms with E-state index in [2.05, 4.69) is 10.1 Å². The normalized spacial score (nSPS) is 12.8. The van der Waals surface area contributed by atoms with E-state index in [1.54, 1.807) is 20.8 Å². The Bertz CT molecular complexity index is 681. The first-order chi connectivity index (χ1) is 12.6. The summed E-state index contributed by atoms with van der Waals surface area (Å²) in [4.78, 5) is 34.9. The quantitative estimate of drug-likeness (QED) is 0.506. The largest absolute Gasteiger partial charge is 0.478 e. The Balaban J connectivity index is 2.61. The van der Waals surface area contributed by atoms with Crippen LogP contribution in [-0.4, -0.2) is 35.8 Å². The highest BCUT2D eigenvalue weighted by Gasteiger charge is 2.23. The molecule has 1 aromatic carbocycles. The van der Waals surface area contributed by atoms with E-state index in [4.69, 9.17) is 4.74 Å². The Morgan fingerprint density at radius 1 is 1.22 bits per heavy atom. The molecule has 0 bridgehead atoms. The standard InChI is InChI=1S/C20H27NO6/c1-14(18(24)26-4)12-16(17(22)23)10-11-20(2,3)21-19(25)27-13-15-8-6-5-7-9-15/h5-10,14H,11-13H2,1-4H3,(H,21,25)(H,22,23)/b16-10-/t14-/m0/s1. The zero-order valence-corrected chi connectivity index (χ0v) is 16.2. The van der Waals surface area contributed by atoms with Crippen LogP contribution >= 0.6 is 0 Å². The first-order valence-corrected chi connectivity index (χ1v) is 8.63. The lowest BCUT2D eigenvalue weighted by Gasteiger charge is -2.25. The molecule has 7 heteroatoms. The molecule has 0 aromatic heterocycles. The molecule has 0 fully saturated rings. The molecule has 0 unspecified atom stereocenters. The van der Waals surface area contributed by atoms with Gasteiger partial charge in [-0.05, 0) is 32.3 Å². The number of alkyl carbamates (subject to hydrolysis) is 1. The Kier molecular flexibility index (Phi) is 8.51. The molecule has 0 saturated heterocycles. The Labute approximate surface area is 159 Å². The molecule has 0 aliphatic heterocycles. The second-order valence-electron chi connectivity index (χ2n) is 6.94. The maximum atomic E-state index is 12.0. The van der Waals surface area contributed by atoms with Gasteiger partial charge < -0.3 is 19.9 Å². The van der Waals surface area contributed by atoms with E-state index in [-0.39, 0.29) is 25.0 Å². The molecule has 2 N–H and O–H groups in total. The third-order valence-electron chi connectivity index (χ3n) is 3.92. The Hall–Kier alpha value is -2.83. The van der Waals surface area contributed by atoms with Gasteiger partial charge >= 0.3 is 18.0 Å². The smallest absolute Gasteiger partial charge is 0.407 e. The zero-order valence-electron chi connectivity index (χ0n) is 16.2. The van der Waals surface area contributed by atoms with Crippen LogP contribution in [0.3, 0.4) is 0 Å². The first-order valence-electron chi connectivity index (χ1n) is 8.63. The second kappa shape index (κ2) is 10.4. The third-order valence-corrected chi connectivity index (χ3v) is 3.92. The van der Waals surface area contributed by atoms with Gasteiger partial charge in [-0.1, -0.05) is 43.3 Å². The van der Waals surface area contributed by atoms with Crippen LogP contribution < -0.4 is 5.32 Å². The highest BCUT2D eigenvalue weighted by molar-refractivity contribution is 5.87. The van der Waals surface area contributed by atoms with Crippen LogP contribution in [-0.2, 0) is 25.7 Å². The van der Waals surface area contributed by atoms with Crippen molar-refractivity contribution in [2.45, 2.75) is 45.8 Å². The minimum Gasteiger partial charge on any atom is -0.478 e. The van der Waals surface area contributed by atoms with E-state index in [0.29, 0.717) is 0 Å². The summed E-state index contributed by atoms with van der Waals surface area (Å²) in [6, 6.07) is 9.29. The van der Waals surface area contributed by atoms with Gasteiger partial charge in [0.2, 0.25) is 0 Å². The van der Waals surface area contributed by atoms with Gasteiger partial charge in [-0.3, -0.25) is 4.79 Å². The summed E-state index contributed by atoms with van der Waals surface area (Å²) < 4.78 is 9.80. The number of amides is 1. The van der Waals surface area contributed by atoms with Crippen molar-refractivity contribution in [2.75, 3.05) is 7.11 Å². The van der Waals surface area contributed by atoms with Gasteiger partial charge in [-0.2, -0.15) is 0 Å². The summed E-state index contributed by atoms with van der Waals surface area (Å²) in [6.07, 6.45) is 1.25. The van der Waals surface area contributed by atoms with Crippen molar-refractivity contribution >= 4 is 18.0 Å². The molecule has 1 atom stereocenters. The van der Waals surface area contributed by atoms with Gasteiger partial charge in [0.1, 0.15) is 6.61 Å². The van der Waals surface area contributed by atoms with Gasteiger partial charge in [0, 0.05) is 11.1 Å². The number of methoxy groups -OCH3 is 1. The molecule has 0 saturated carbocycles. The third kappa shape index (κ3) is 8.40. The molecule has 0 aliphatic carbocycles. The molecule has 27 heavy (non-hydrogen) atoms. The van der Waals surface area contributed by atoms with E-state index in [1.807, 2.05) is 30.3 Å². The van der Waals surface area contributed by atoms with Gasteiger partial charge in [0.05, 0.1) is 13.0 Å². The minimum absolute atomic E-state index is 0.0521. The lowest BCUT2D eigenvalue weighted by Crippen LogP contribution is -2.43. The summed E-state index contributed by atoms with van der Waals surface area (Å²) in [5.74, 6) is -2.14. The average molecular weight is 377 g/mol. The average Bonchev–Trinajstić information content (AvgIpc) is 2.62. The molecular weight excluding hydrogens is 350 g/mol. The highest BCUT2D eigenvalue weighted by atomic mass is 16.5. The van der Waals surface area contributed by atoms with Gasteiger partial charge in [-0.25, -0.2) is 9.59 Å². The number of carbonyl (C=O) groups is 3. The molecule has 1 aromatic rings. The maximum absolute atomic E-state index is 12.0. The minimum atomic E-state index is -1.10. The van der Waals surface area contributed by atoms with Crippen molar-refractivity contribution < 1.29 is 29.0 Å². The van der Waals surface area contributed by atoms with E-state index in [1.165, 1.54) is 13.2 Å². The number of nitrogens with one attached hydrogen (secondary N) is 1. The lowest BCUT2D eigenvalue weighted by molar-refractivity contribution is -0.144. The van der Waals surface area contributed by atoms with Crippen molar-refractivity contribution in [1.29, 1.82) is 0 Å². The lowest BCUT2D eigenvalue weighted by atomic mass is 9.95. The van der Waals surface area contributed by atoms with Gasteiger partial charge in [-0.15, -0.1) is 0 Å². The number of rotatable bonds is 9. The number of carbonyl (C=O) groups excluding carboxylic acids is 2. The van der Waals surface area contributed by atoms with E-state index < -0.39 is 29.5 Å². The van der Waals surface area contributed by atoms with Crippen molar-refractivity contribution in [3.8, 4) is 0 Å². The SMILES string of the molecule is COC(=O)[C@@H](C)C/C(=C/CC(C)(C)NC(=O)OCc1ccccc1)C(=O)O. The maximum Gasteiger partial charge on any atom is 0.407 e. The van der Waals surface area contributed by atoms with Gasteiger partial charge in [0.15, 0.2) is 0 Å². The summed E-state index contributed by atoms with van der Waals surface area (Å²) in [5, 5.41) is 12.1. The Morgan fingerprint density at radius 3 is 2.41 bits per heavy atom. The van der Waals surface area contributed by atoms with Crippen molar-refractivity contribution in [2.24, 2.45) is 5.92 Å². The number of hydrogen-bond acceptors (Lipinski definition) is 5. The number of esters is 1. The van der Waals surface area contributed by atoms with E-state index >= 15 is 0 Å². The molecule has 0 spiro atoms. The van der Waals surface area contributed by atoms with Gasteiger partial charge in [0.25, 0.3) is 0 Å². The number of benzene rings is 1. The summed E-state index contributed by atoms with van der Waals surface area (Å²) in [5.41, 5.74) is 0.249. The predicted molar refractivity (Wildman–Crippen MR) is 100.0 cm³/mol. The van der Waals surface area contributed by atoms with Crippen molar-refractivity contribution in [1.82, 2.24) is 5.32 Å². The number of carboxylic acid groups (broad SMARTS) is 1. The summed E-state index contributed by atoms with van der Waals surface area (Å²) >= 11 is 0. The van der Waals surface area contributed by atoms with Crippen LogP contribution in [0.4, 0.5) is 4.79 Å². The number of carboxylic acids is 1. The fourth-order valence-electron chi connectivity index (χ4n) is 2.34. The first kappa shape index (κ1) is 22.2. The molecule has 0 heterocycles.